The summed E-state index contributed by atoms with van der Waals surface area (Å²) in [7, 11) is 0. The maximum Gasteiger partial charge on any atom is 0.227 e. The predicted molar refractivity (Wildman–Crippen MR) is 93.3 cm³/mol. The van der Waals surface area contributed by atoms with Gasteiger partial charge in [-0.25, -0.2) is 0 Å². The van der Waals surface area contributed by atoms with Crippen LogP contribution in [0.2, 0.25) is 0 Å². The summed E-state index contributed by atoms with van der Waals surface area (Å²) in [6.07, 6.45) is 1.68. The van der Waals surface area contributed by atoms with Crippen molar-refractivity contribution in [2.45, 2.75) is 25.4 Å². The quantitative estimate of drug-likeness (QED) is 0.924. The van der Waals surface area contributed by atoms with Gasteiger partial charge in [-0.3, -0.25) is 4.79 Å². The Balaban J connectivity index is 1.53. The molecule has 3 nitrogen and oxygen atoms in total. The van der Waals surface area contributed by atoms with Gasteiger partial charge in [0.2, 0.25) is 5.91 Å². The first-order chi connectivity index (χ1) is 10.3. The molecule has 0 spiro atoms. The molecule has 21 heavy (non-hydrogen) atoms. The molecule has 1 aromatic rings. The molecule has 0 aliphatic carbocycles. The fourth-order valence-corrected chi connectivity index (χ4v) is 5.18. The molecule has 0 aromatic heterocycles. The van der Waals surface area contributed by atoms with Crippen molar-refractivity contribution in [2.24, 2.45) is 0 Å². The van der Waals surface area contributed by atoms with Crippen LogP contribution >= 0.6 is 23.5 Å². The Bertz CT molecular complexity index is 470. The summed E-state index contributed by atoms with van der Waals surface area (Å²) < 4.78 is 0. The Morgan fingerprint density at radius 3 is 2.48 bits per heavy atom. The van der Waals surface area contributed by atoms with E-state index in [-0.39, 0.29) is 5.91 Å². The van der Waals surface area contributed by atoms with E-state index in [1.165, 1.54) is 28.6 Å². The Morgan fingerprint density at radius 1 is 1.14 bits per heavy atom. The molecule has 0 radical (unpaired) electrons. The van der Waals surface area contributed by atoms with Crippen LogP contribution in [0.1, 0.15) is 18.4 Å². The highest BCUT2D eigenvalue weighted by atomic mass is 32.2. The van der Waals surface area contributed by atoms with Gasteiger partial charge >= 0.3 is 0 Å². The Labute approximate surface area is 135 Å². The van der Waals surface area contributed by atoms with Crippen LogP contribution in [0.15, 0.2) is 24.3 Å². The van der Waals surface area contributed by atoms with Gasteiger partial charge in [-0.2, -0.15) is 23.5 Å². The third kappa shape index (κ3) is 4.18. The molecule has 0 bridgehead atoms. The van der Waals surface area contributed by atoms with Gasteiger partial charge in [0.15, 0.2) is 0 Å². The first-order valence-corrected chi connectivity index (χ1v) is 9.92. The molecule has 1 amide bonds. The highest BCUT2D eigenvalue weighted by Crippen LogP contribution is 2.22. The van der Waals surface area contributed by atoms with Crippen LogP contribution in [0.25, 0.3) is 0 Å². The summed E-state index contributed by atoms with van der Waals surface area (Å²) in [5, 5.41) is 3.65. The van der Waals surface area contributed by atoms with Crippen molar-refractivity contribution in [3.8, 4) is 0 Å². The molecule has 5 heteroatoms. The number of nitrogens with one attached hydrogen (secondary N) is 1. The standard InChI is InChI=1S/C16H22N2OS2/c19-16-2-1-7-18(16)15-5-3-13(4-6-15)10-17-14-11-20-8-9-21-12-14/h3-6,14,17H,1-2,7-12H2. The van der Waals surface area contributed by atoms with Gasteiger partial charge in [-0.05, 0) is 24.1 Å². The molecule has 2 saturated heterocycles. The van der Waals surface area contributed by atoms with Gasteiger partial charge in [0.25, 0.3) is 0 Å². The van der Waals surface area contributed by atoms with Crippen molar-refractivity contribution in [1.29, 1.82) is 0 Å². The second-order valence-electron chi connectivity index (χ2n) is 5.54. The molecule has 1 N–H and O–H groups in total. The second-order valence-corrected chi connectivity index (χ2v) is 7.84. The molecule has 114 valence electrons. The molecule has 2 aliphatic heterocycles. The molecule has 2 heterocycles. The zero-order valence-corrected chi connectivity index (χ0v) is 13.8. The lowest BCUT2D eigenvalue weighted by Crippen LogP contribution is -2.32. The smallest absolute Gasteiger partial charge is 0.227 e. The van der Waals surface area contributed by atoms with Gasteiger partial charge in [-0.1, -0.05) is 12.1 Å². The number of carbonyl (C=O) groups excluding carboxylic acids is 1. The molecule has 0 atom stereocenters. The third-order valence-electron chi connectivity index (χ3n) is 3.93. The fourth-order valence-electron chi connectivity index (χ4n) is 2.71. The van der Waals surface area contributed by atoms with Crippen LogP contribution in [0, 0.1) is 0 Å². The van der Waals surface area contributed by atoms with Crippen LogP contribution in [0.4, 0.5) is 5.69 Å². The zero-order chi connectivity index (χ0) is 14.5. The van der Waals surface area contributed by atoms with E-state index in [0.717, 1.165) is 25.2 Å². The number of amides is 1. The van der Waals surface area contributed by atoms with Crippen molar-refractivity contribution < 1.29 is 4.79 Å². The minimum absolute atomic E-state index is 0.258. The topological polar surface area (TPSA) is 32.3 Å². The Morgan fingerprint density at radius 2 is 1.86 bits per heavy atom. The predicted octanol–water partition coefficient (Wildman–Crippen LogP) is 2.75. The average Bonchev–Trinajstić information content (AvgIpc) is 2.78. The van der Waals surface area contributed by atoms with Crippen LogP contribution < -0.4 is 10.2 Å². The lowest BCUT2D eigenvalue weighted by Gasteiger charge is -2.17. The van der Waals surface area contributed by atoms with E-state index in [4.69, 9.17) is 0 Å². The SMILES string of the molecule is O=C1CCCN1c1ccc(CNC2CSCCSC2)cc1. The number of benzene rings is 1. The first-order valence-electron chi connectivity index (χ1n) is 7.61. The summed E-state index contributed by atoms with van der Waals surface area (Å²) in [4.78, 5) is 13.6. The van der Waals surface area contributed by atoms with Gasteiger partial charge in [0.1, 0.15) is 0 Å². The maximum atomic E-state index is 11.7. The Hall–Kier alpha value is -0.650. The maximum absolute atomic E-state index is 11.7. The third-order valence-corrected chi connectivity index (χ3v) is 6.45. The van der Waals surface area contributed by atoms with E-state index >= 15 is 0 Å². The molecule has 2 fully saturated rings. The van der Waals surface area contributed by atoms with Gasteiger partial charge in [-0.15, -0.1) is 0 Å². The number of thioether (sulfide) groups is 2. The second kappa shape index (κ2) is 7.56. The minimum atomic E-state index is 0.258. The van der Waals surface area contributed by atoms with Crippen LogP contribution in [-0.4, -0.2) is 41.5 Å². The number of carbonyl (C=O) groups is 1. The summed E-state index contributed by atoms with van der Waals surface area (Å²) in [5.74, 6) is 5.25. The lowest BCUT2D eigenvalue weighted by molar-refractivity contribution is -0.117. The van der Waals surface area contributed by atoms with E-state index < -0.39 is 0 Å². The van der Waals surface area contributed by atoms with Crippen LogP contribution in [0.3, 0.4) is 0 Å². The number of nitrogens with zero attached hydrogens (tertiary/aromatic N) is 1. The van der Waals surface area contributed by atoms with Gasteiger partial charge < -0.3 is 10.2 Å². The highest BCUT2D eigenvalue weighted by Gasteiger charge is 2.21. The van der Waals surface area contributed by atoms with E-state index in [1.807, 2.05) is 4.90 Å². The summed E-state index contributed by atoms with van der Waals surface area (Å²) >= 11 is 4.10. The summed E-state index contributed by atoms with van der Waals surface area (Å²) in [5.41, 5.74) is 2.34. The molecule has 2 aliphatic rings. The van der Waals surface area contributed by atoms with E-state index in [0.29, 0.717) is 12.5 Å². The molecule has 1 aromatic carbocycles. The van der Waals surface area contributed by atoms with Gasteiger partial charge in [0.05, 0.1) is 0 Å². The largest absolute Gasteiger partial charge is 0.312 e. The van der Waals surface area contributed by atoms with Crippen molar-refractivity contribution in [2.75, 3.05) is 34.5 Å². The van der Waals surface area contributed by atoms with Crippen molar-refractivity contribution in [3.05, 3.63) is 29.8 Å². The first kappa shape index (κ1) is 15.3. The fraction of sp³-hybridized carbons (Fsp3) is 0.562. The zero-order valence-electron chi connectivity index (χ0n) is 12.2. The summed E-state index contributed by atoms with van der Waals surface area (Å²) in [6.45, 7) is 1.78. The van der Waals surface area contributed by atoms with Crippen LogP contribution in [-0.2, 0) is 11.3 Å². The lowest BCUT2D eigenvalue weighted by atomic mass is 10.2. The molecule has 0 saturated carbocycles. The van der Waals surface area contributed by atoms with E-state index in [9.17, 15) is 4.79 Å². The average molecular weight is 322 g/mol. The van der Waals surface area contributed by atoms with Crippen LogP contribution in [0.5, 0.6) is 0 Å². The van der Waals surface area contributed by atoms with E-state index in [2.05, 4.69) is 53.1 Å². The van der Waals surface area contributed by atoms with Crippen molar-refractivity contribution >= 4 is 35.1 Å². The molecular formula is C16H22N2OS2. The van der Waals surface area contributed by atoms with Gasteiger partial charge in [0, 0.05) is 54.3 Å². The summed E-state index contributed by atoms with van der Waals surface area (Å²) in [6, 6.07) is 9.06. The Kier molecular flexibility index (Phi) is 5.49. The molecule has 0 unspecified atom stereocenters. The monoisotopic (exact) mass is 322 g/mol. The minimum Gasteiger partial charge on any atom is -0.312 e. The number of anilines is 1. The number of rotatable bonds is 4. The number of hydrogen-bond acceptors (Lipinski definition) is 4. The van der Waals surface area contributed by atoms with Crippen molar-refractivity contribution in [3.63, 3.8) is 0 Å². The van der Waals surface area contributed by atoms with Crippen molar-refractivity contribution in [1.82, 2.24) is 5.32 Å². The van der Waals surface area contributed by atoms with E-state index in [1.54, 1.807) is 0 Å². The molecular weight excluding hydrogens is 300 g/mol. The normalized spacial score (nSPS) is 20.8. The molecule has 3 rings (SSSR count). The highest BCUT2D eigenvalue weighted by molar-refractivity contribution is 8.03. The number of hydrogen-bond donors (Lipinski definition) is 1.